The molecule has 0 radical (unpaired) electrons. The molecule has 5 nitrogen and oxygen atoms in total. The topological polar surface area (TPSA) is 82.8 Å². The first-order chi connectivity index (χ1) is 14.0. The second-order valence-corrected chi connectivity index (χ2v) is 6.87. The van der Waals surface area contributed by atoms with Gasteiger partial charge in [-0.05, 0) is 65.5 Å². The van der Waals surface area contributed by atoms with E-state index in [0.29, 0.717) is 30.3 Å². The predicted octanol–water partition coefficient (Wildman–Crippen LogP) is 3.60. The maximum atomic E-state index is 13.7. The molecule has 1 aliphatic heterocycles. The Morgan fingerprint density at radius 3 is 2.86 bits per heavy atom. The van der Waals surface area contributed by atoms with E-state index in [0.717, 1.165) is 16.8 Å². The lowest BCUT2D eigenvalue weighted by molar-refractivity contribution is 0.182. The fraction of sp³-hybridized carbons (Fsp3) is 0.227. The second-order valence-electron chi connectivity index (χ2n) is 6.87. The maximum Gasteiger partial charge on any atom is 0.458 e. The van der Waals surface area contributed by atoms with Crippen molar-refractivity contribution in [1.82, 2.24) is 4.98 Å². The number of halogens is 1. The fourth-order valence-corrected chi connectivity index (χ4v) is 3.29. The van der Waals surface area contributed by atoms with Crippen LogP contribution in [-0.4, -0.2) is 40.1 Å². The number of aliphatic hydroxyl groups excluding tert-OH is 1. The van der Waals surface area contributed by atoms with Gasteiger partial charge in [0.2, 0.25) is 0 Å². The molecular formula is C22H23BFNO4. The number of hydrogen-bond donors (Lipinski definition) is 3. The zero-order valence-electron chi connectivity index (χ0n) is 16.0. The maximum absolute atomic E-state index is 13.7. The van der Waals surface area contributed by atoms with Crippen LogP contribution < -0.4 is 0 Å². The van der Waals surface area contributed by atoms with Crippen molar-refractivity contribution >= 4 is 18.8 Å². The van der Waals surface area contributed by atoms with E-state index in [1.165, 1.54) is 12.1 Å². The Kier molecular flexibility index (Phi) is 6.98. The molecule has 1 aliphatic rings. The molecule has 0 amide bonds. The van der Waals surface area contributed by atoms with Crippen LogP contribution in [0.1, 0.15) is 24.1 Å². The summed E-state index contributed by atoms with van der Waals surface area (Å²) in [4.78, 5) is 4.39. The Labute approximate surface area is 169 Å². The molecule has 3 rings (SSSR count). The first-order valence-corrected chi connectivity index (χ1v) is 9.41. The van der Waals surface area contributed by atoms with E-state index < -0.39 is 24.8 Å². The number of rotatable bonds is 7. The Morgan fingerprint density at radius 2 is 2.17 bits per heavy atom. The molecule has 0 spiro atoms. The first-order valence-electron chi connectivity index (χ1n) is 9.41. The molecule has 0 saturated carbocycles. The lowest BCUT2D eigenvalue weighted by Crippen LogP contribution is -2.32. The first kappa shape index (κ1) is 21.0. The van der Waals surface area contributed by atoms with E-state index in [1.807, 2.05) is 30.4 Å². The number of phenolic OH excluding ortho intramolecular Hbond substituents is 1. The van der Waals surface area contributed by atoms with Gasteiger partial charge in [-0.2, -0.15) is 0 Å². The largest absolute Gasteiger partial charge is 0.505 e. The third-order valence-corrected chi connectivity index (χ3v) is 4.79. The number of aliphatic hydroxyl groups is 1. The molecule has 2 aromatic rings. The summed E-state index contributed by atoms with van der Waals surface area (Å²) >= 11 is 0. The van der Waals surface area contributed by atoms with Crippen LogP contribution in [0.25, 0.3) is 11.6 Å². The molecule has 0 fully saturated rings. The summed E-state index contributed by atoms with van der Waals surface area (Å²) in [5, 5.41) is 28.7. The summed E-state index contributed by atoms with van der Waals surface area (Å²) in [6, 6.07) is 9.74. The highest BCUT2D eigenvalue weighted by molar-refractivity contribution is 6.43. The zero-order valence-corrected chi connectivity index (χ0v) is 16.0. The van der Waals surface area contributed by atoms with Gasteiger partial charge in [0, 0.05) is 12.5 Å². The van der Waals surface area contributed by atoms with E-state index in [4.69, 9.17) is 4.65 Å². The van der Waals surface area contributed by atoms with Gasteiger partial charge < -0.3 is 19.9 Å². The standard InChI is InChI=1S/C22H23BFNO4/c1-15(14-26)18-9-10-23(28)29-22(18)8-6-17(20-4-2-3-11-25-20)12-16-5-7-21(27)19(24)13-16/h2-5,7,9,11-13,22,26-28H,1,6,8,10,14H2/b17-12-. The quantitative estimate of drug-likeness (QED) is 0.624. The minimum Gasteiger partial charge on any atom is -0.505 e. The number of phenols is 1. The van der Waals surface area contributed by atoms with Gasteiger partial charge in [0.25, 0.3) is 0 Å². The molecule has 7 heteroatoms. The van der Waals surface area contributed by atoms with Gasteiger partial charge in [-0.15, -0.1) is 0 Å². The zero-order chi connectivity index (χ0) is 20.8. The highest BCUT2D eigenvalue weighted by atomic mass is 19.1. The SMILES string of the molecule is C=C(CO)C1=CCB(O)OC1CC/C(=C/c1ccc(O)c(F)c1)c1ccccn1. The molecule has 1 atom stereocenters. The number of aromatic nitrogens is 1. The molecule has 150 valence electrons. The molecule has 3 N–H and O–H groups in total. The van der Waals surface area contributed by atoms with E-state index >= 15 is 0 Å². The van der Waals surface area contributed by atoms with E-state index in [-0.39, 0.29) is 6.61 Å². The van der Waals surface area contributed by atoms with Gasteiger partial charge in [0.05, 0.1) is 18.4 Å². The van der Waals surface area contributed by atoms with Crippen LogP contribution >= 0.6 is 0 Å². The minimum atomic E-state index is -0.899. The Bertz CT molecular complexity index is 930. The molecule has 0 aliphatic carbocycles. The number of allylic oxidation sites excluding steroid dienone is 2. The average molecular weight is 395 g/mol. The van der Waals surface area contributed by atoms with Crippen molar-refractivity contribution in [2.75, 3.05) is 6.61 Å². The summed E-state index contributed by atoms with van der Waals surface area (Å²) in [6.45, 7) is 3.69. The lowest BCUT2D eigenvalue weighted by atomic mass is 9.78. The van der Waals surface area contributed by atoms with Crippen LogP contribution in [0.4, 0.5) is 4.39 Å². The lowest BCUT2D eigenvalue weighted by Gasteiger charge is -2.28. The van der Waals surface area contributed by atoms with Crippen LogP contribution in [0.2, 0.25) is 6.32 Å². The highest BCUT2D eigenvalue weighted by Gasteiger charge is 2.28. The minimum absolute atomic E-state index is 0.183. The van der Waals surface area contributed by atoms with Crippen molar-refractivity contribution in [2.24, 2.45) is 0 Å². The van der Waals surface area contributed by atoms with Gasteiger partial charge >= 0.3 is 7.12 Å². The smallest absolute Gasteiger partial charge is 0.458 e. The summed E-state index contributed by atoms with van der Waals surface area (Å²) < 4.78 is 19.4. The van der Waals surface area contributed by atoms with Crippen LogP contribution in [0.5, 0.6) is 5.75 Å². The summed E-state index contributed by atoms with van der Waals surface area (Å²) in [7, 11) is -0.899. The summed E-state index contributed by atoms with van der Waals surface area (Å²) in [5.74, 6) is -1.09. The third-order valence-electron chi connectivity index (χ3n) is 4.79. The van der Waals surface area contributed by atoms with E-state index in [9.17, 15) is 19.6 Å². The van der Waals surface area contributed by atoms with Crippen LogP contribution in [0.15, 0.2) is 66.4 Å². The van der Waals surface area contributed by atoms with E-state index in [1.54, 1.807) is 12.3 Å². The monoisotopic (exact) mass is 395 g/mol. The average Bonchev–Trinajstić information content (AvgIpc) is 2.73. The van der Waals surface area contributed by atoms with Crippen molar-refractivity contribution in [3.8, 4) is 5.75 Å². The fourth-order valence-electron chi connectivity index (χ4n) is 3.29. The van der Waals surface area contributed by atoms with Crippen molar-refractivity contribution in [1.29, 1.82) is 0 Å². The summed E-state index contributed by atoms with van der Waals surface area (Å²) in [6.07, 6.45) is 6.33. The number of nitrogens with zero attached hydrogens (tertiary/aromatic N) is 1. The van der Waals surface area contributed by atoms with Crippen molar-refractivity contribution in [3.05, 3.63) is 83.5 Å². The van der Waals surface area contributed by atoms with Crippen LogP contribution in [-0.2, 0) is 4.65 Å². The Morgan fingerprint density at radius 1 is 1.34 bits per heavy atom. The molecule has 0 saturated heterocycles. The normalized spacial score (nSPS) is 17.2. The van der Waals surface area contributed by atoms with Gasteiger partial charge in [-0.25, -0.2) is 4.39 Å². The number of pyridine rings is 1. The number of benzene rings is 1. The number of aromatic hydroxyl groups is 1. The summed E-state index contributed by atoms with van der Waals surface area (Å²) in [5.41, 5.74) is 3.54. The number of hydrogen-bond acceptors (Lipinski definition) is 5. The van der Waals surface area contributed by atoms with Crippen LogP contribution in [0.3, 0.4) is 0 Å². The van der Waals surface area contributed by atoms with Crippen molar-refractivity contribution < 1.29 is 24.3 Å². The second kappa shape index (κ2) is 9.65. The van der Waals surface area contributed by atoms with Gasteiger partial charge in [-0.1, -0.05) is 24.8 Å². The molecule has 1 aromatic heterocycles. The molecule has 0 bridgehead atoms. The molecular weight excluding hydrogens is 372 g/mol. The van der Waals surface area contributed by atoms with Crippen molar-refractivity contribution in [2.45, 2.75) is 25.3 Å². The Hall–Kier alpha value is -2.74. The Balaban J connectivity index is 1.86. The van der Waals surface area contributed by atoms with Crippen LogP contribution in [0, 0.1) is 5.82 Å². The predicted molar refractivity (Wildman–Crippen MR) is 111 cm³/mol. The van der Waals surface area contributed by atoms with E-state index in [2.05, 4.69) is 11.6 Å². The highest BCUT2D eigenvalue weighted by Crippen LogP contribution is 2.30. The molecule has 1 unspecified atom stereocenters. The molecule has 1 aromatic carbocycles. The molecule has 29 heavy (non-hydrogen) atoms. The van der Waals surface area contributed by atoms with Gasteiger partial charge in [0.1, 0.15) is 0 Å². The van der Waals surface area contributed by atoms with Crippen molar-refractivity contribution in [3.63, 3.8) is 0 Å². The molecule has 2 heterocycles. The van der Waals surface area contributed by atoms with Gasteiger partial charge in [0.15, 0.2) is 11.6 Å². The third kappa shape index (κ3) is 5.41. The van der Waals surface area contributed by atoms with Gasteiger partial charge in [-0.3, -0.25) is 4.98 Å².